The van der Waals surface area contributed by atoms with E-state index in [1.54, 1.807) is 16.2 Å². The van der Waals surface area contributed by atoms with E-state index >= 15 is 0 Å². The Hall–Kier alpha value is -2.69. The van der Waals surface area contributed by atoms with Crippen molar-refractivity contribution in [2.24, 2.45) is 17.8 Å². The third kappa shape index (κ3) is 4.14. The fourth-order valence-electron chi connectivity index (χ4n) is 6.34. The average molecular weight is 521 g/mol. The van der Waals surface area contributed by atoms with Gasteiger partial charge in [-0.05, 0) is 79.2 Å². The molecule has 0 amide bonds. The van der Waals surface area contributed by atoms with Crippen molar-refractivity contribution in [2.45, 2.75) is 57.8 Å². The summed E-state index contributed by atoms with van der Waals surface area (Å²) >= 11 is 1.55. The number of nitrogens with one attached hydrogen (secondary N) is 1. The van der Waals surface area contributed by atoms with Crippen molar-refractivity contribution in [2.75, 3.05) is 23.3 Å². The highest BCUT2D eigenvalue weighted by Gasteiger charge is 2.47. The molecule has 1 saturated heterocycles. The van der Waals surface area contributed by atoms with E-state index in [1.165, 1.54) is 11.1 Å². The summed E-state index contributed by atoms with van der Waals surface area (Å²) in [7, 11) is 0. The molecule has 3 aliphatic rings. The number of halogens is 4. The van der Waals surface area contributed by atoms with Crippen molar-refractivity contribution < 1.29 is 17.6 Å². The van der Waals surface area contributed by atoms with Crippen molar-refractivity contribution in [3.63, 3.8) is 0 Å². The van der Waals surface area contributed by atoms with E-state index in [1.807, 2.05) is 6.92 Å². The van der Waals surface area contributed by atoms with E-state index in [9.17, 15) is 17.6 Å². The van der Waals surface area contributed by atoms with E-state index < -0.39 is 23.5 Å². The first kappa shape index (κ1) is 23.7. The zero-order valence-corrected chi connectivity index (χ0v) is 20.9. The van der Waals surface area contributed by atoms with Crippen molar-refractivity contribution in [3.05, 3.63) is 52.7 Å². The number of fused-ring (bicyclic) bond motifs is 3. The van der Waals surface area contributed by atoms with E-state index in [4.69, 9.17) is 4.98 Å². The van der Waals surface area contributed by atoms with E-state index in [0.717, 1.165) is 37.7 Å². The molecular weight excluding hydrogens is 492 g/mol. The highest BCUT2D eigenvalue weighted by molar-refractivity contribution is 7.10. The van der Waals surface area contributed by atoms with Gasteiger partial charge < -0.3 is 10.2 Å². The Morgan fingerprint density at radius 1 is 1.17 bits per heavy atom. The second-order valence-electron chi connectivity index (χ2n) is 10.5. The van der Waals surface area contributed by atoms with Gasteiger partial charge in [-0.3, -0.25) is 0 Å². The molecule has 2 aliphatic heterocycles. The molecule has 6 nitrogen and oxygen atoms in total. The lowest BCUT2D eigenvalue weighted by molar-refractivity contribution is -0.137. The van der Waals surface area contributed by atoms with Gasteiger partial charge in [-0.25, -0.2) is 9.07 Å². The number of piperidine rings is 1. The Labute approximate surface area is 210 Å². The van der Waals surface area contributed by atoms with Crippen LogP contribution in [0.25, 0.3) is 0 Å². The predicted molar refractivity (Wildman–Crippen MR) is 130 cm³/mol. The first-order chi connectivity index (χ1) is 17.2. The zero-order chi connectivity index (χ0) is 25.2. The number of hydrogen-bond acceptors (Lipinski definition) is 6. The van der Waals surface area contributed by atoms with Crippen LogP contribution in [0.4, 0.5) is 28.5 Å². The van der Waals surface area contributed by atoms with Gasteiger partial charge in [0.05, 0.1) is 11.3 Å². The lowest BCUT2D eigenvalue weighted by Gasteiger charge is -2.39. The summed E-state index contributed by atoms with van der Waals surface area (Å²) in [5.74, 6) is 1.33. The third-order valence-corrected chi connectivity index (χ3v) is 9.00. The van der Waals surface area contributed by atoms with E-state index in [0.29, 0.717) is 48.6 Å². The number of benzene rings is 1. The normalized spacial score (nSPS) is 27.8. The molecule has 1 aliphatic carbocycles. The molecule has 192 valence electrons. The number of aryl methyl sites for hydroxylation is 2. The Morgan fingerprint density at radius 2 is 2.00 bits per heavy atom. The van der Waals surface area contributed by atoms with Crippen LogP contribution in [0.2, 0.25) is 0 Å². The molecule has 1 aromatic carbocycles. The number of aromatic nitrogens is 4. The maximum Gasteiger partial charge on any atom is 0.416 e. The molecule has 36 heavy (non-hydrogen) atoms. The molecule has 6 rings (SSSR count). The largest absolute Gasteiger partial charge is 0.416 e. The Balaban J connectivity index is 1.23. The first-order valence-electron chi connectivity index (χ1n) is 12.4. The van der Waals surface area contributed by atoms with Gasteiger partial charge in [0.1, 0.15) is 16.6 Å². The predicted octanol–water partition coefficient (Wildman–Crippen LogP) is 5.70. The molecule has 2 bridgehead atoms. The second-order valence-corrected chi connectivity index (χ2v) is 11.2. The van der Waals surface area contributed by atoms with Gasteiger partial charge in [-0.2, -0.15) is 22.5 Å². The zero-order valence-electron chi connectivity index (χ0n) is 20.1. The number of anilines is 2. The maximum atomic E-state index is 14.8. The SMILES string of the molecule is Cc1cc(N2C[C@@H]3CC(C)[C@H](C2)[C@H]3Nc2nc3n(n2)CCCC3c2ccc(C(F)(F)F)cc2F)sn1. The standard InChI is InChI=1S/C25H28F4N6S/c1-13-8-15-11-34(21-9-14(2)33-36-21)12-19(13)22(15)30-24-31-23-18(4-3-7-35(23)32-24)17-6-5-16(10-20(17)26)25(27,28)29/h5-6,9-10,13,15,18-19,22H,3-4,7-8,11-12H2,1-2H3,(H,30,32)/t13?,15-,18?,19-,22-/m0/s1. The first-order valence-corrected chi connectivity index (χ1v) is 13.2. The van der Waals surface area contributed by atoms with Crippen LogP contribution in [0.1, 0.15) is 54.7 Å². The van der Waals surface area contributed by atoms with Crippen LogP contribution in [0, 0.1) is 30.5 Å². The lowest BCUT2D eigenvalue weighted by atomic mass is 9.90. The van der Waals surface area contributed by atoms with Crippen LogP contribution in [0.15, 0.2) is 24.3 Å². The van der Waals surface area contributed by atoms with Crippen molar-refractivity contribution >= 4 is 22.5 Å². The average Bonchev–Trinajstić information content (AvgIpc) is 3.48. The van der Waals surface area contributed by atoms with Crippen LogP contribution >= 0.6 is 11.5 Å². The van der Waals surface area contributed by atoms with E-state index in [2.05, 4.69) is 32.7 Å². The Bertz CT molecular complexity index is 1270. The summed E-state index contributed by atoms with van der Waals surface area (Å²) in [5.41, 5.74) is 0.306. The number of alkyl halides is 3. The molecule has 0 spiro atoms. The van der Waals surface area contributed by atoms with Crippen molar-refractivity contribution in [1.29, 1.82) is 0 Å². The Kier molecular flexibility index (Phi) is 5.73. The molecule has 2 unspecified atom stereocenters. The minimum absolute atomic E-state index is 0.241. The van der Waals surface area contributed by atoms with Crippen LogP contribution in [0.3, 0.4) is 0 Å². The number of hydrogen-bond donors (Lipinski definition) is 1. The van der Waals surface area contributed by atoms with E-state index in [-0.39, 0.29) is 11.6 Å². The van der Waals surface area contributed by atoms with Crippen molar-refractivity contribution in [3.8, 4) is 0 Å². The smallest absolute Gasteiger partial charge is 0.361 e. The van der Waals surface area contributed by atoms with Gasteiger partial charge in [0, 0.05) is 31.6 Å². The molecule has 0 radical (unpaired) electrons. The molecular formula is C25H28F4N6S. The summed E-state index contributed by atoms with van der Waals surface area (Å²) in [5, 5.41) is 9.49. The van der Waals surface area contributed by atoms with Gasteiger partial charge in [-0.15, -0.1) is 5.10 Å². The van der Waals surface area contributed by atoms with Gasteiger partial charge in [0.25, 0.3) is 0 Å². The van der Waals surface area contributed by atoms with Gasteiger partial charge in [-0.1, -0.05) is 13.0 Å². The fraction of sp³-hybridized carbons (Fsp3) is 0.560. The maximum absolute atomic E-state index is 14.8. The molecule has 2 aromatic heterocycles. The quantitative estimate of drug-likeness (QED) is 0.448. The van der Waals surface area contributed by atoms with Crippen LogP contribution in [-0.2, 0) is 12.7 Å². The highest BCUT2D eigenvalue weighted by Crippen LogP contribution is 2.44. The van der Waals surface area contributed by atoms with Crippen LogP contribution < -0.4 is 10.2 Å². The topological polar surface area (TPSA) is 58.9 Å². The monoisotopic (exact) mass is 520 g/mol. The molecule has 2 fully saturated rings. The minimum Gasteiger partial charge on any atom is -0.361 e. The molecule has 4 heterocycles. The van der Waals surface area contributed by atoms with Crippen LogP contribution in [0.5, 0.6) is 0 Å². The molecule has 3 aromatic rings. The van der Waals surface area contributed by atoms with Crippen molar-refractivity contribution in [1.82, 2.24) is 19.1 Å². The molecule has 5 atom stereocenters. The highest BCUT2D eigenvalue weighted by atomic mass is 32.1. The number of nitrogens with zero attached hydrogens (tertiary/aromatic N) is 5. The third-order valence-electron chi connectivity index (χ3n) is 8.06. The summed E-state index contributed by atoms with van der Waals surface area (Å²) in [6, 6.07) is 5.18. The summed E-state index contributed by atoms with van der Waals surface area (Å²) in [6.45, 7) is 6.88. The molecule has 11 heteroatoms. The lowest BCUT2D eigenvalue weighted by Crippen LogP contribution is -2.48. The second kappa shape index (κ2) is 8.71. The summed E-state index contributed by atoms with van der Waals surface area (Å²) in [6.07, 6.45) is -2.07. The van der Waals surface area contributed by atoms with Crippen LogP contribution in [-0.4, -0.2) is 38.3 Å². The minimum atomic E-state index is -4.58. The molecule has 1 saturated carbocycles. The molecule has 1 N–H and O–H groups in total. The van der Waals surface area contributed by atoms with Gasteiger partial charge in [0.2, 0.25) is 5.95 Å². The fourth-order valence-corrected chi connectivity index (χ4v) is 7.12. The Morgan fingerprint density at radius 3 is 2.69 bits per heavy atom. The summed E-state index contributed by atoms with van der Waals surface area (Å²) in [4.78, 5) is 7.19. The van der Waals surface area contributed by atoms with Gasteiger partial charge in [0.15, 0.2) is 0 Å². The number of rotatable bonds is 4. The summed E-state index contributed by atoms with van der Waals surface area (Å²) < 4.78 is 60.1. The van der Waals surface area contributed by atoms with Gasteiger partial charge >= 0.3 is 6.18 Å².